The lowest BCUT2D eigenvalue weighted by atomic mass is 10.1. The minimum Gasteiger partial charge on any atom is -0.472 e. The van der Waals surface area contributed by atoms with Gasteiger partial charge in [0, 0.05) is 28.5 Å². The fourth-order valence-electron chi connectivity index (χ4n) is 3.27. The monoisotopic (exact) mass is 472 g/mol. The first-order chi connectivity index (χ1) is 15.4. The molecule has 10 heteroatoms. The van der Waals surface area contributed by atoms with Gasteiger partial charge in [0.2, 0.25) is 5.88 Å². The highest BCUT2D eigenvalue weighted by Crippen LogP contribution is 2.30. The minimum atomic E-state index is -0.348. The normalized spacial score (nSPS) is 15.5. The van der Waals surface area contributed by atoms with E-state index in [0.29, 0.717) is 27.2 Å². The number of nitrogens with two attached hydrogens (primary N) is 1. The second kappa shape index (κ2) is 9.72. The van der Waals surface area contributed by atoms with Crippen LogP contribution in [0.15, 0.2) is 47.4 Å². The molecule has 1 aliphatic rings. The molecule has 0 spiro atoms. The Bertz CT molecular complexity index is 1140. The lowest BCUT2D eigenvalue weighted by Crippen LogP contribution is -2.22. The predicted octanol–water partition coefficient (Wildman–Crippen LogP) is 4.77. The maximum absolute atomic E-state index is 13.9. The molecule has 32 heavy (non-hydrogen) atoms. The molecule has 0 amide bonds. The molecule has 1 fully saturated rings. The van der Waals surface area contributed by atoms with Crippen molar-refractivity contribution in [3.8, 4) is 17.3 Å². The second-order valence-corrected chi connectivity index (χ2v) is 8.61. The van der Waals surface area contributed by atoms with Crippen LogP contribution in [0.5, 0.6) is 5.88 Å². The Morgan fingerprint density at radius 3 is 2.75 bits per heavy atom. The summed E-state index contributed by atoms with van der Waals surface area (Å²) in [6.07, 6.45) is 0.840. The zero-order valence-electron chi connectivity index (χ0n) is 17.3. The summed E-state index contributed by atoms with van der Waals surface area (Å²) >= 11 is 7.07. The molecule has 0 saturated carbocycles. The summed E-state index contributed by atoms with van der Waals surface area (Å²) in [6.45, 7) is 3.24. The molecule has 1 unspecified atom stereocenters. The summed E-state index contributed by atoms with van der Waals surface area (Å²) in [5, 5.41) is 11.8. The van der Waals surface area contributed by atoms with Crippen molar-refractivity contribution in [2.75, 3.05) is 23.5 Å². The average molecular weight is 473 g/mol. The van der Waals surface area contributed by atoms with Gasteiger partial charge >= 0.3 is 0 Å². The molecule has 0 bridgehead atoms. The van der Waals surface area contributed by atoms with Crippen molar-refractivity contribution < 1.29 is 9.13 Å². The Labute approximate surface area is 194 Å². The smallest absolute Gasteiger partial charge is 0.228 e. The SMILES string of the molecule is CC(=N)c1c(N)nc(-c2ccc(NSc3cc(Cl)ccc3F)cc2)nc1OC1CCNC1. The van der Waals surface area contributed by atoms with Crippen LogP contribution in [0.3, 0.4) is 0 Å². The number of anilines is 2. The third-order valence-electron chi connectivity index (χ3n) is 4.89. The van der Waals surface area contributed by atoms with Crippen molar-refractivity contribution in [1.29, 1.82) is 5.41 Å². The number of benzene rings is 2. The van der Waals surface area contributed by atoms with E-state index in [2.05, 4.69) is 20.0 Å². The quantitative estimate of drug-likeness (QED) is 0.290. The first kappa shape index (κ1) is 22.3. The number of nitrogen functional groups attached to an aromatic ring is 1. The minimum absolute atomic E-state index is 0.0225. The Hall–Kier alpha value is -2.88. The van der Waals surface area contributed by atoms with E-state index in [1.807, 2.05) is 24.3 Å². The number of aromatic nitrogens is 2. The number of ether oxygens (including phenoxy) is 1. The van der Waals surface area contributed by atoms with Crippen molar-refractivity contribution in [2.45, 2.75) is 24.3 Å². The molecule has 1 aliphatic heterocycles. The van der Waals surface area contributed by atoms with E-state index in [0.717, 1.165) is 42.7 Å². The number of hydrogen-bond donors (Lipinski definition) is 4. The van der Waals surface area contributed by atoms with Gasteiger partial charge in [-0.1, -0.05) is 11.6 Å². The molecule has 3 aromatic rings. The third-order valence-corrected chi connectivity index (χ3v) is 5.99. The van der Waals surface area contributed by atoms with Crippen LogP contribution in [0, 0.1) is 11.2 Å². The molecule has 5 N–H and O–H groups in total. The fourth-order valence-corrected chi connectivity index (χ4v) is 4.22. The van der Waals surface area contributed by atoms with Crippen LogP contribution in [-0.2, 0) is 0 Å². The van der Waals surface area contributed by atoms with Crippen molar-refractivity contribution >= 4 is 40.8 Å². The molecule has 2 heterocycles. The Morgan fingerprint density at radius 1 is 1.28 bits per heavy atom. The van der Waals surface area contributed by atoms with Crippen LogP contribution in [-0.4, -0.2) is 34.9 Å². The molecular formula is C22H22ClFN6OS. The number of hydrogen-bond acceptors (Lipinski definition) is 8. The van der Waals surface area contributed by atoms with E-state index in [-0.39, 0.29) is 23.5 Å². The van der Waals surface area contributed by atoms with Crippen LogP contribution in [0.4, 0.5) is 15.9 Å². The summed E-state index contributed by atoms with van der Waals surface area (Å²) < 4.78 is 23.0. The average Bonchev–Trinajstić information content (AvgIpc) is 3.27. The topological polar surface area (TPSA) is 109 Å². The molecule has 1 aromatic heterocycles. The number of nitrogens with one attached hydrogen (secondary N) is 3. The summed E-state index contributed by atoms with van der Waals surface area (Å²) in [5.74, 6) is 0.591. The van der Waals surface area contributed by atoms with E-state index in [1.54, 1.807) is 13.0 Å². The van der Waals surface area contributed by atoms with E-state index in [1.165, 1.54) is 12.1 Å². The van der Waals surface area contributed by atoms with Gasteiger partial charge in [0.25, 0.3) is 0 Å². The van der Waals surface area contributed by atoms with Gasteiger partial charge in [0.15, 0.2) is 5.82 Å². The van der Waals surface area contributed by atoms with E-state index in [4.69, 9.17) is 27.5 Å². The van der Waals surface area contributed by atoms with Gasteiger partial charge in [0.05, 0.1) is 10.5 Å². The van der Waals surface area contributed by atoms with Gasteiger partial charge in [-0.15, -0.1) is 0 Å². The lowest BCUT2D eigenvalue weighted by Gasteiger charge is -2.17. The standard InChI is InChI=1S/C22H22ClFN6OS/c1-12(25)19-20(26)28-21(29-22(19)31-16-8-9-27-11-16)13-2-5-15(6-3-13)30-32-18-10-14(23)4-7-17(18)24/h2-7,10,16,25,27,30H,8-9,11H2,1H3,(H2,26,28,29). The van der Waals surface area contributed by atoms with Crippen LogP contribution >= 0.6 is 23.5 Å². The van der Waals surface area contributed by atoms with E-state index >= 15 is 0 Å². The maximum Gasteiger partial charge on any atom is 0.228 e. The van der Waals surface area contributed by atoms with Gasteiger partial charge in [-0.25, -0.2) is 9.37 Å². The largest absolute Gasteiger partial charge is 0.472 e. The summed E-state index contributed by atoms with van der Waals surface area (Å²) in [6, 6.07) is 11.7. The molecule has 2 aromatic carbocycles. The first-order valence-corrected chi connectivity index (χ1v) is 11.2. The summed E-state index contributed by atoms with van der Waals surface area (Å²) in [7, 11) is 0. The second-order valence-electron chi connectivity index (χ2n) is 7.33. The summed E-state index contributed by atoms with van der Waals surface area (Å²) in [5.41, 5.74) is 8.33. The highest BCUT2D eigenvalue weighted by atomic mass is 35.5. The van der Waals surface area contributed by atoms with Crippen molar-refractivity contribution in [3.63, 3.8) is 0 Å². The maximum atomic E-state index is 13.9. The first-order valence-electron chi connectivity index (χ1n) is 9.99. The lowest BCUT2D eigenvalue weighted by molar-refractivity contribution is 0.213. The highest BCUT2D eigenvalue weighted by molar-refractivity contribution is 8.00. The van der Waals surface area contributed by atoms with Gasteiger partial charge in [0.1, 0.15) is 17.7 Å². The third kappa shape index (κ3) is 5.12. The summed E-state index contributed by atoms with van der Waals surface area (Å²) in [4.78, 5) is 9.35. The van der Waals surface area contributed by atoms with Crippen LogP contribution in [0.25, 0.3) is 11.4 Å². The molecule has 0 radical (unpaired) electrons. The fraction of sp³-hybridized carbons (Fsp3) is 0.227. The van der Waals surface area contributed by atoms with E-state index in [9.17, 15) is 4.39 Å². The van der Waals surface area contributed by atoms with E-state index < -0.39 is 0 Å². The van der Waals surface area contributed by atoms with Crippen molar-refractivity contribution in [2.24, 2.45) is 0 Å². The predicted molar refractivity (Wildman–Crippen MR) is 127 cm³/mol. The van der Waals surface area contributed by atoms with Crippen molar-refractivity contribution in [1.82, 2.24) is 15.3 Å². The van der Waals surface area contributed by atoms with Gasteiger partial charge < -0.3 is 25.9 Å². The zero-order chi connectivity index (χ0) is 22.7. The molecule has 1 saturated heterocycles. The molecule has 4 rings (SSSR count). The van der Waals surface area contributed by atoms with Gasteiger partial charge in [-0.3, -0.25) is 0 Å². The Kier molecular flexibility index (Phi) is 6.78. The van der Waals surface area contributed by atoms with Crippen LogP contribution in [0.2, 0.25) is 5.02 Å². The molecule has 0 aliphatic carbocycles. The molecular weight excluding hydrogens is 451 g/mol. The zero-order valence-corrected chi connectivity index (χ0v) is 18.9. The molecule has 1 atom stereocenters. The highest BCUT2D eigenvalue weighted by Gasteiger charge is 2.22. The molecule has 166 valence electrons. The Morgan fingerprint density at radius 2 is 2.06 bits per heavy atom. The molecule has 7 nitrogen and oxygen atoms in total. The number of rotatable bonds is 7. The number of nitrogens with zero attached hydrogens (tertiary/aromatic N) is 2. The van der Waals surface area contributed by atoms with Crippen LogP contribution in [0.1, 0.15) is 18.9 Å². The Balaban J connectivity index is 1.54. The van der Waals surface area contributed by atoms with Crippen LogP contribution < -0.4 is 20.5 Å². The van der Waals surface area contributed by atoms with Gasteiger partial charge in [-0.05, 0) is 74.3 Å². The van der Waals surface area contributed by atoms with Crippen molar-refractivity contribution in [3.05, 3.63) is 58.9 Å². The number of halogens is 2. The van der Waals surface area contributed by atoms with Gasteiger partial charge in [-0.2, -0.15) is 4.98 Å².